The van der Waals surface area contributed by atoms with Crippen LogP contribution in [-0.4, -0.2) is 58.7 Å². The zero-order valence-corrected chi connectivity index (χ0v) is 28.6. The number of halogens is 6. The van der Waals surface area contributed by atoms with Gasteiger partial charge in [0.25, 0.3) is 0 Å². The Morgan fingerprint density at radius 3 is 1.94 bits per heavy atom. The van der Waals surface area contributed by atoms with Gasteiger partial charge in [0, 0.05) is 72.6 Å². The van der Waals surface area contributed by atoms with Gasteiger partial charge >= 0.3 is 24.3 Å². The molecule has 0 saturated heterocycles. The van der Waals surface area contributed by atoms with E-state index in [4.69, 9.17) is 5.11 Å². The summed E-state index contributed by atoms with van der Waals surface area (Å²) in [6.07, 6.45) is -4.86. The van der Waals surface area contributed by atoms with E-state index in [2.05, 4.69) is 5.32 Å². The van der Waals surface area contributed by atoms with Crippen LogP contribution in [0.15, 0.2) is 85.2 Å². The molecule has 0 amide bonds. The zero-order chi connectivity index (χ0) is 39.0. The van der Waals surface area contributed by atoms with Gasteiger partial charge < -0.3 is 29.6 Å². The number of carbonyl (C=O) groups is 3. The van der Waals surface area contributed by atoms with Gasteiger partial charge in [-0.2, -0.15) is 26.3 Å². The van der Waals surface area contributed by atoms with E-state index < -0.39 is 35.4 Å². The van der Waals surface area contributed by atoms with Gasteiger partial charge in [-0.1, -0.05) is 6.92 Å². The van der Waals surface area contributed by atoms with Crippen LogP contribution in [0.4, 0.5) is 37.7 Å². The maximum absolute atomic E-state index is 13.5. The molecule has 0 radical (unpaired) electrons. The van der Waals surface area contributed by atoms with E-state index in [-0.39, 0.29) is 33.6 Å². The second kappa shape index (κ2) is 14.4. The number of aryl methyl sites for hydroxylation is 1. The summed E-state index contributed by atoms with van der Waals surface area (Å²) in [5.41, 5.74) is 1.18. The van der Waals surface area contributed by atoms with E-state index in [1.165, 1.54) is 65.2 Å². The number of nitrogens with one attached hydrogen (secondary N) is 1. The highest BCUT2D eigenvalue weighted by Crippen LogP contribution is 2.40. The third kappa shape index (κ3) is 7.54. The molecule has 0 fully saturated rings. The van der Waals surface area contributed by atoms with E-state index in [0.29, 0.717) is 45.9 Å². The number of rotatable bonds is 8. The number of anilines is 2. The number of alkyl halides is 6. The average Bonchev–Trinajstić information content (AvgIpc) is 3.70. The van der Waals surface area contributed by atoms with Gasteiger partial charge in [0.15, 0.2) is 6.29 Å². The third-order valence-electron chi connectivity index (χ3n) is 8.64. The predicted molar refractivity (Wildman–Crippen MR) is 189 cm³/mol. The molecule has 0 saturated carbocycles. The molecule has 4 aromatic carbocycles. The Morgan fingerprint density at radius 2 is 1.42 bits per heavy atom. The number of hydrogen-bond donors (Lipinski definition) is 3. The third-order valence-corrected chi connectivity index (χ3v) is 8.64. The molecule has 0 spiro atoms. The first-order valence-electron chi connectivity index (χ1n) is 15.9. The summed E-state index contributed by atoms with van der Waals surface area (Å²) < 4.78 is 83.7. The molecule has 15 heteroatoms. The van der Waals surface area contributed by atoms with E-state index in [1.54, 1.807) is 43.1 Å². The fourth-order valence-corrected chi connectivity index (χ4v) is 6.03. The van der Waals surface area contributed by atoms with E-state index in [9.17, 15) is 45.8 Å². The highest BCUT2D eigenvalue weighted by Gasteiger charge is 2.36. The highest BCUT2D eigenvalue weighted by molar-refractivity contribution is 6.01. The number of carboxylic acids is 2. The summed E-state index contributed by atoms with van der Waals surface area (Å²) in [6, 6.07) is 17.1. The Balaban J connectivity index is 0.000000204. The van der Waals surface area contributed by atoms with Gasteiger partial charge in [-0.05, 0) is 84.8 Å². The summed E-state index contributed by atoms with van der Waals surface area (Å²) in [6.45, 7) is 1.84. The summed E-state index contributed by atoms with van der Waals surface area (Å²) in [4.78, 5) is 35.1. The van der Waals surface area contributed by atoms with Crippen molar-refractivity contribution in [2.24, 2.45) is 0 Å². The second-order valence-corrected chi connectivity index (χ2v) is 12.1. The van der Waals surface area contributed by atoms with E-state index >= 15 is 0 Å². The molecular weight excluding hydrogens is 706 g/mol. The van der Waals surface area contributed by atoms with Gasteiger partial charge in [0.1, 0.15) is 0 Å². The minimum atomic E-state index is -4.57. The number of fused-ring (bicyclic) bond motifs is 2. The van der Waals surface area contributed by atoms with Crippen molar-refractivity contribution >= 4 is 51.4 Å². The first kappa shape index (κ1) is 38.0. The SMILES string of the molecule is CCc1cc(-n2ccc3cc(N(C)C)c(C(F)(F)F)cc32)ccc1C(=O)O.CNc1cc2c(C=O)cn(-c3ccc(C(=O)O)cc3)c2cc1C(F)(F)F. The molecule has 0 bridgehead atoms. The van der Waals surface area contributed by atoms with Crippen molar-refractivity contribution in [2.45, 2.75) is 25.7 Å². The molecule has 0 unspecified atom stereocenters. The zero-order valence-electron chi connectivity index (χ0n) is 28.6. The topological polar surface area (TPSA) is 117 Å². The molecular formula is C38H32F6N4O5. The van der Waals surface area contributed by atoms with Crippen LogP contribution in [0, 0.1) is 0 Å². The van der Waals surface area contributed by atoms with Gasteiger partial charge in [0.2, 0.25) is 0 Å². The summed E-state index contributed by atoms with van der Waals surface area (Å²) >= 11 is 0. The Bertz CT molecular complexity index is 2360. The molecule has 0 aliphatic carbocycles. The highest BCUT2D eigenvalue weighted by atomic mass is 19.4. The van der Waals surface area contributed by atoms with Crippen LogP contribution in [0.3, 0.4) is 0 Å². The van der Waals surface area contributed by atoms with Crippen LogP contribution in [0.2, 0.25) is 0 Å². The molecule has 276 valence electrons. The lowest BCUT2D eigenvalue weighted by Crippen LogP contribution is -2.16. The number of benzene rings is 4. The first-order chi connectivity index (χ1) is 24.9. The summed E-state index contributed by atoms with van der Waals surface area (Å²) in [7, 11) is 4.52. The van der Waals surface area contributed by atoms with Crippen LogP contribution in [0.5, 0.6) is 0 Å². The number of hydrogen-bond acceptors (Lipinski definition) is 5. The fourth-order valence-electron chi connectivity index (χ4n) is 6.03. The minimum absolute atomic E-state index is 0.0503. The predicted octanol–water partition coefficient (Wildman–Crippen LogP) is 9.18. The molecule has 53 heavy (non-hydrogen) atoms. The quantitative estimate of drug-likeness (QED) is 0.105. The lowest BCUT2D eigenvalue weighted by atomic mass is 10.0. The van der Waals surface area contributed by atoms with Gasteiger partial charge in [-0.25, -0.2) is 9.59 Å². The number of aldehydes is 1. The van der Waals surface area contributed by atoms with Crippen molar-refractivity contribution in [3.8, 4) is 11.4 Å². The van der Waals surface area contributed by atoms with Crippen LogP contribution < -0.4 is 10.2 Å². The van der Waals surface area contributed by atoms with Crippen molar-refractivity contribution in [1.29, 1.82) is 0 Å². The summed E-state index contributed by atoms with van der Waals surface area (Å²) in [5.74, 6) is -2.13. The summed E-state index contributed by atoms with van der Waals surface area (Å²) in [5, 5.41) is 21.8. The average molecular weight is 739 g/mol. The van der Waals surface area contributed by atoms with E-state index in [1.807, 2.05) is 6.92 Å². The Hall–Kier alpha value is -6.25. The first-order valence-corrected chi connectivity index (χ1v) is 15.9. The molecule has 0 aliphatic rings. The molecule has 6 rings (SSSR count). The Morgan fingerprint density at radius 1 is 0.792 bits per heavy atom. The number of carboxylic acid groups (broad SMARTS) is 2. The number of carbonyl (C=O) groups excluding carboxylic acids is 1. The van der Waals surface area contributed by atoms with Crippen molar-refractivity contribution < 1.29 is 50.9 Å². The minimum Gasteiger partial charge on any atom is -0.478 e. The molecule has 9 nitrogen and oxygen atoms in total. The molecule has 2 aromatic heterocycles. The number of aromatic carboxylic acids is 2. The van der Waals surface area contributed by atoms with Crippen LogP contribution >= 0.6 is 0 Å². The Kier molecular flexibility index (Phi) is 10.3. The van der Waals surface area contributed by atoms with Gasteiger partial charge in [0.05, 0.1) is 33.3 Å². The molecule has 0 atom stereocenters. The molecule has 2 heterocycles. The van der Waals surface area contributed by atoms with Gasteiger partial charge in [-0.3, -0.25) is 4.79 Å². The van der Waals surface area contributed by atoms with Crippen molar-refractivity contribution in [2.75, 3.05) is 31.4 Å². The van der Waals surface area contributed by atoms with Crippen molar-refractivity contribution in [3.63, 3.8) is 0 Å². The molecule has 3 N–H and O–H groups in total. The van der Waals surface area contributed by atoms with E-state index in [0.717, 1.165) is 12.1 Å². The number of aromatic nitrogens is 2. The largest absolute Gasteiger partial charge is 0.478 e. The monoisotopic (exact) mass is 738 g/mol. The smallest absolute Gasteiger partial charge is 0.418 e. The van der Waals surface area contributed by atoms with Gasteiger partial charge in [-0.15, -0.1) is 0 Å². The van der Waals surface area contributed by atoms with Crippen LogP contribution in [-0.2, 0) is 18.8 Å². The van der Waals surface area contributed by atoms with Crippen LogP contribution in [0.1, 0.15) is 54.7 Å². The molecule has 6 aromatic rings. The lowest BCUT2D eigenvalue weighted by molar-refractivity contribution is -0.137. The van der Waals surface area contributed by atoms with Crippen molar-refractivity contribution in [1.82, 2.24) is 9.13 Å². The maximum atomic E-state index is 13.5. The second-order valence-electron chi connectivity index (χ2n) is 12.1. The molecule has 0 aliphatic heterocycles. The fraction of sp³-hybridized carbons (Fsp3) is 0.184. The normalized spacial score (nSPS) is 11.7. The number of nitrogens with zero attached hydrogens (tertiary/aromatic N) is 3. The lowest BCUT2D eigenvalue weighted by Gasteiger charge is -2.20. The maximum Gasteiger partial charge on any atom is 0.418 e. The van der Waals surface area contributed by atoms with Crippen LogP contribution in [0.25, 0.3) is 33.2 Å². The standard InChI is InChI=1S/C20H19F3N2O2.C18H13F3N2O3/c1-4-12-9-14(5-6-15(12)19(26)27)25-8-7-13-10-18(24(2)3)16(11-17(13)25)20(21,22)23;1-22-15-6-13-11(9-24)8-23(16(13)7-14(15)18(19,20)21)12-4-2-10(3-5-12)17(25)26/h5-11H,4H2,1-3H3,(H,26,27);2-9,22H,1H3,(H,25,26). The Labute approximate surface area is 298 Å². The van der Waals surface area contributed by atoms with Crippen molar-refractivity contribution in [3.05, 3.63) is 119 Å².